The van der Waals surface area contributed by atoms with Crippen LogP contribution < -0.4 is 5.32 Å². The summed E-state index contributed by atoms with van der Waals surface area (Å²) >= 11 is 0. The van der Waals surface area contributed by atoms with Gasteiger partial charge in [-0.1, -0.05) is 6.07 Å². The second-order valence-corrected chi connectivity index (χ2v) is 6.92. The smallest absolute Gasteiger partial charge is 0.223 e. The van der Waals surface area contributed by atoms with Gasteiger partial charge in [0.25, 0.3) is 0 Å². The Morgan fingerprint density at radius 3 is 2.67 bits per heavy atom. The van der Waals surface area contributed by atoms with E-state index in [9.17, 15) is 13.6 Å². The number of amides is 1. The first-order valence-electron chi connectivity index (χ1n) is 8.54. The van der Waals surface area contributed by atoms with Crippen LogP contribution in [0.3, 0.4) is 0 Å². The van der Waals surface area contributed by atoms with Crippen molar-refractivity contribution in [2.45, 2.75) is 38.4 Å². The number of nitrogens with one attached hydrogen (secondary N) is 1. The van der Waals surface area contributed by atoms with Gasteiger partial charge in [-0.25, -0.2) is 8.78 Å². The first-order valence-corrected chi connectivity index (χ1v) is 8.54. The maximum atomic E-state index is 13.8. The van der Waals surface area contributed by atoms with E-state index in [2.05, 4.69) is 10.2 Å². The number of nitrogens with zero attached hydrogens (tertiary/aromatic N) is 1. The van der Waals surface area contributed by atoms with Gasteiger partial charge in [-0.2, -0.15) is 0 Å². The van der Waals surface area contributed by atoms with E-state index in [1.807, 2.05) is 13.8 Å². The highest BCUT2D eigenvalue weighted by Gasteiger charge is 2.45. The number of halogens is 2. The lowest BCUT2D eigenvalue weighted by molar-refractivity contribution is -0.122. The number of carbonyl (C=O) groups is 1. The Hall–Kier alpha value is -1.53. The fraction of sp³-hybridized carbons (Fsp3) is 0.611. The molecule has 1 saturated heterocycles. The molecule has 0 unspecified atom stereocenters. The summed E-state index contributed by atoms with van der Waals surface area (Å²) < 4.78 is 32.4. The molecule has 1 amide bonds. The lowest BCUT2D eigenvalue weighted by Crippen LogP contribution is -2.48. The van der Waals surface area contributed by atoms with Crippen molar-refractivity contribution in [1.29, 1.82) is 0 Å². The Kier molecular flexibility index (Phi) is 5.15. The molecule has 1 N–H and O–H groups in total. The highest BCUT2D eigenvalue weighted by Crippen LogP contribution is 2.48. The van der Waals surface area contributed by atoms with Crippen molar-refractivity contribution in [3.05, 3.63) is 35.4 Å². The van der Waals surface area contributed by atoms with Crippen LogP contribution >= 0.6 is 0 Å². The van der Waals surface area contributed by atoms with Crippen LogP contribution in [0.5, 0.6) is 0 Å². The zero-order valence-corrected chi connectivity index (χ0v) is 14.1. The van der Waals surface area contributed by atoms with Crippen molar-refractivity contribution >= 4 is 5.91 Å². The zero-order valence-electron chi connectivity index (χ0n) is 14.1. The van der Waals surface area contributed by atoms with Crippen LogP contribution in [0.15, 0.2) is 18.2 Å². The van der Waals surface area contributed by atoms with Gasteiger partial charge in [-0.15, -0.1) is 0 Å². The average molecular weight is 338 g/mol. The van der Waals surface area contributed by atoms with Gasteiger partial charge in [0.15, 0.2) is 0 Å². The number of benzene rings is 1. The summed E-state index contributed by atoms with van der Waals surface area (Å²) in [6.45, 7) is 7.19. The third-order valence-corrected chi connectivity index (χ3v) is 4.71. The van der Waals surface area contributed by atoms with Crippen LogP contribution in [0, 0.1) is 17.6 Å². The quantitative estimate of drug-likeness (QED) is 0.896. The van der Waals surface area contributed by atoms with Crippen molar-refractivity contribution < 1.29 is 18.3 Å². The summed E-state index contributed by atoms with van der Waals surface area (Å²) in [6.07, 6.45) is 1.04. The van der Waals surface area contributed by atoms with E-state index < -0.39 is 11.6 Å². The minimum Gasteiger partial charge on any atom is -0.373 e. The van der Waals surface area contributed by atoms with Crippen molar-refractivity contribution in [2.75, 3.05) is 26.2 Å². The molecule has 1 aromatic carbocycles. The van der Waals surface area contributed by atoms with E-state index in [0.717, 1.165) is 25.7 Å². The van der Waals surface area contributed by atoms with E-state index >= 15 is 0 Å². The molecule has 132 valence electrons. The molecule has 24 heavy (non-hydrogen) atoms. The number of morpholine rings is 1. The lowest BCUT2D eigenvalue weighted by Gasteiger charge is -2.35. The summed E-state index contributed by atoms with van der Waals surface area (Å²) in [5.41, 5.74) is 0.437. The highest BCUT2D eigenvalue weighted by atomic mass is 19.1. The van der Waals surface area contributed by atoms with Crippen LogP contribution in [0.2, 0.25) is 0 Å². The standard InChI is InChI=1S/C18H24F2N2O2/c1-11-9-22(10-12(2)24-11)6-5-21-18(23)16-8-15(16)14-4-3-13(19)7-17(14)20/h3-4,7,11-12,15-16H,5-6,8-10H2,1-2H3,(H,21,23)/t11-,12-,15-,16-/m1/s1. The molecule has 1 heterocycles. The molecule has 0 spiro atoms. The molecule has 4 atom stereocenters. The first kappa shape index (κ1) is 17.3. The zero-order chi connectivity index (χ0) is 17.3. The number of hydrogen-bond acceptors (Lipinski definition) is 3. The van der Waals surface area contributed by atoms with Crippen LogP contribution in [0.1, 0.15) is 31.7 Å². The second kappa shape index (κ2) is 7.15. The molecule has 4 nitrogen and oxygen atoms in total. The molecule has 0 aromatic heterocycles. The Labute approximate surface area is 141 Å². The Morgan fingerprint density at radius 1 is 1.29 bits per heavy atom. The minimum atomic E-state index is -0.591. The van der Waals surface area contributed by atoms with E-state index in [4.69, 9.17) is 4.74 Å². The molecular formula is C18H24F2N2O2. The minimum absolute atomic E-state index is 0.0434. The summed E-state index contributed by atoms with van der Waals surface area (Å²) in [5.74, 6) is -1.53. The molecule has 2 aliphatic rings. The Morgan fingerprint density at radius 2 is 2.00 bits per heavy atom. The van der Waals surface area contributed by atoms with Crippen molar-refractivity contribution in [1.82, 2.24) is 10.2 Å². The van der Waals surface area contributed by atoms with Crippen LogP contribution in [0.25, 0.3) is 0 Å². The van der Waals surface area contributed by atoms with Gasteiger partial charge in [0.05, 0.1) is 12.2 Å². The molecule has 1 aliphatic carbocycles. The summed E-state index contributed by atoms with van der Waals surface area (Å²) in [7, 11) is 0. The monoisotopic (exact) mass is 338 g/mol. The highest BCUT2D eigenvalue weighted by molar-refractivity contribution is 5.82. The molecular weight excluding hydrogens is 314 g/mol. The fourth-order valence-corrected chi connectivity index (χ4v) is 3.57. The van der Waals surface area contributed by atoms with Crippen LogP contribution in [-0.4, -0.2) is 49.2 Å². The summed E-state index contributed by atoms with van der Waals surface area (Å²) in [4.78, 5) is 14.5. The molecule has 1 saturated carbocycles. The molecule has 2 fully saturated rings. The molecule has 3 rings (SSSR count). The average Bonchev–Trinajstić information content (AvgIpc) is 3.26. The topological polar surface area (TPSA) is 41.6 Å². The molecule has 6 heteroatoms. The van der Waals surface area contributed by atoms with Gasteiger partial charge in [0, 0.05) is 38.2 Å². The fourth-order valence-electron chi connectivity index (χ4n) is 3.57. The van der Waals surface area contributed by atoms with Crippen molar-refractivity contribution in [2.24, 2.45) is 5.92 Å². The number of rotatable bonds is 5. The van der Waals surface area contributed by atoms with Gasteiger partial charge >= 0.3 is 0 Å². The molecule has 1 aromatic rings. The van der Waals surface area contributed by atoms with E-state index in [0.29, 0.717) is 18.5 Å². The van der Waals surface area contributed by atoms with Gasteiger partial charge in [0.1, 0.15) is 11.6 Å². The normalized spacial score (nSPS) is 30.2. The van der Waals surface area contributed by atoms with Gasteiger partial charge in [-0.3, -0.25) is 9.69 Å². The van der Waals surface area contributed by atoms with Gasteiger partial charge in [0.2, 0.25) is 5.91 Å². The van der Waals surface area contributed by atoms with Gasteiger partial charge < -0.3 is 10.1 Å². The predicted octanol–water partition coefficient (Wildman–Crippen LogP) is 2.29. The maximum Gasteiger partial charge on any atom is 0.223 e. The van der Waals surface area contributed by atoms with E-state index in [-0.39, 0.29) is 30.0 Å². The Bertz CT molecular complexity index is 601. The van der Waals surface area contributed by atoms with Crippen LogP contribution in [-0.2, 0) is 9.53 Å². The van der Waals surface area contributed by atoms with Gasteiger partial charge in [-0.05, 0) is 37.8 Å². The van der Waals surface area contributed by atoms with Crippen LogP contribution in [0.4, 0.5) is 8.78 Å². The SMILES string of the molecule is C[C@@H]1CN(CCNC(=O)[C@@H]2C[C@@H]2c2ccc(F)cc2F)C[C@@H](C)O1. The number of hydrogen-bond donors (Lipinski definition) is 1. The Balaban J connectivity index is 1.44. The van der Waals surface area contributed by atoms with E-state index in [1.165, 1.54) is 12.1 Å². The number of carbonyl (C=O) groups excluding carboxylic acids is 1. The van der Waals surface area contributed by atoms with Crippen molar-refractivity contribution in [3.8, 4) is 0 Å². The third kappa shape index (κ3) is 4.11. The first-order chi connectivity index (χ1) is 11.4. The number of ether oxygens (including phenoxy) is 1. The third-order valence-electron chi connectivity index (χ3n) is 4.71. The summed E-state index contributed by atoms with van der Waals surface area (Å²) in [5, 5.41) is 2.93. The van der Waals surface area contributed by atoms with E-state index in [1.54, 1.807) is 0 Å². The molecule has 0 bridgehead atoms. The predicted molar refractivity (Wildman–Crippen MR) is 86.7 cm³/mol. The maximum absolute atomic E-state index is 13.8. The summed E-state index contributed by atoms with van der Waals surface area (Å²) in [6, 6.07) is 3.56. The van der Waals surface area contributed by atoms with Crippen molar-refractivity contribution in [3.63, 3.8) is 0 Å². The molecule has 1 aliphatic heterocycles. The molecule has 0 radical (unpaired) electrons. The lowest BCUT2D eigenvalue weighted by atomic mass is 10.1. The second-order valence-electron chi connectivity index (χ2n) is 6.92. The largest absolute Gasteiger partial charge is 0.373 e.